The molecule has 5 heteroatoms. The average Bonchev–Trinajstić information content (AvgIpc) is 2.46. The summed E-state index contributed by atoms with van der Waals surface area (Å²) in [6.45, 7) is 2.21. The van der Waals surface area contributed by atoms with Gasteiger partial charge >= 0.3 is 0 Å². The van der Waals surface area contributed by atoms with E-state index in [9.17, 15) is 15.0 Å². The Bertz CT molecular complexity index is 622. The van der Waals surface area contributed by atoms with Gasteiger partial charge in [0.1, 0.15) is 0 Å². The summed E-state index contributed by atoms with van der Waals surface area (Å²) in [5.41, 5.74) is 1.48. The van der Waals surface area contributed by atoms with Gasteiger partial charge in [-0.2, -0.15) is 0 Å². The summed E-state index contributed by atoms with van der Waals surface area (Å²) in [5, 5.41) is 23.3. The first-order chi connectivity index (χ1) is 10.2. The molecule has 0 aromatic heterocycles. The van der Waals surface area contributed by atoms with Gasteiger partial charge in [-0.15, -0.1) is 0 Å². The zero-order chi connectivity index (χ0) is 15.2. The first kappa shape index (κ1) is 15.3. The molecule has 0 spiro atoms. The van der Waals surface area contributed by atoms with Crippen molar-refractivity contribution >= 4 is 28.1 Å². The first-order valence-electron chi connectivity index (χ1n) is 6.92. The summed E-state index contributed by atoms with van der Waals surface area (Å²) in [7, 11) is 0. The Morgan fingerprint density at radius 3 is 2.19 bits per heavy atom. The molecular weight excluding hydrogens is 268 g/mol. The molecule has 0 bridgehead atoms. The second-order valence-corrected chi connectivity index (χ2v) is 4.83. The molecule has 112 valence electrons. The summed E-state index contributed by atoms with van der Waals surface area (Å²) in [4.78, 5) is 13.3. The van der Waals surface area contributed by atoms with Crippen molar-refractivity contribution in [2.45, 2.75) is 6.92 Å². The Kier molecular flexibility index (Phi) is 5.14. The van der Waals surface area contributed by atoms with Crippen molar-refractivity contribution in [1.82, 2.24) is 0 Å². The van der Waals surface area contributed by atoms with E-state index >= 15 is 0 Å². The summed E-state index contributed by atoms with van der Waals surface area (Å²) in [6, 6.07) is 11.7. The third kappa shape index (κ3) is 3.71. The highest BCUT2D eigenvalue weighted by Gasteiger charge is 2.13. The number of nitrogens with zero attached hydrogens (tertiary/aromatic N) is 1. The van der Waals surface area contributed by atoms with E-state index in [2.05, 4.69) is 5.32 Å². The number of anilines is 2. The molecule has 0 unspecified atom stereocenters. The normalized spacial score (nSPS) is 10.6. The minimum Gasteiger partial charge on any atom is -0.395 e. The van der Waals surface area contributed by atoms with Crippen LogP contribution in [0.25, 0.3) is 10.8 Å². The minimum atomic E-state index is -0.153. The molecule has 3 N–H and O–H groups in total. The molecule has 21 heavy (non-hydrogen) atoms. The number of hydrogen-bond acceptors (Lipinski definition) is 4. The first-order valence-corrected chi connectivity index (χ1v) is 6.92. The molecule has 0 atom stereocenters. The van der Waals surface area contributed by atoms with Gasteiger partial charge in [0.15, 0.2) is 0 Å². The van der Waals surface area contributed by atoms with Gasteiger partial charge in [-0.05, 0) is 22.9 Å². The van der Waals surface area contributed by atoms with E-state index in [-0.39, 0.29) is 19.1 Å². The van der Waals surface area contributed by atoms with E-state index in [1.807, 2.05) is 41.3 Å². The van der Waals surface area contributed by atoms with Crippen molar-refractivity contribution in [2.24, 2.45) is 0 Å². The molecular formula is C16H20N2O3. The van der Waals surface area contributed by atoms with E-state index in [0.29, 0.717) is 18.8 Å². The molecule has 0 aliphatic heterocycles. The van der Waals surface area contributed by atoms with E-state index in [1.54, 1.807) is 0 Å². The molecule has 0 saturated heterocycles. The molecule has 0 aliphatic carbocycles. The van der Waals surface area contributed by atoms with E-state index in [0.717, 1.165) is 16.5 Å². The molecule has 0 radical (unpaired) electrons. The zero-order valence-electron chi connectivity index (χ0n) is 12.0. The standard InChI is InChI=1S/C16H20N2O3/c1-12(21)17-15-10-13-4-2-3-5-14(13)11-16(15)18(6-8-19)7-9-20/h2-5,10-11,19-20H,6-9H2,1H3,(H,17,21). The summed E-state index contributed by atoms with van der Waals surface area (Å²) < 4.78 is 0. The fourth-order valence-corrected chi connectivity index (χ4v) is 2.37. The lowest BCUT2D eigenvalue weighted by atomic mass is 10.1. The number of carbonyl (C=O) groups is 1. The predicted octanol–water partition coefficient (Wildman–Crippen LogP) is 1.59. The quantitative estimate of drug-likeness (QED) is 0.755. The van der Waals surface area contributed by atoms with Crippen molar-refractivity contribution in [2.75, 3.05) is 36.5 Å². The second kappa shape index (κ2) is 7.06. The molecule has 2 aromatic rings. The minimum absolute atomic E-state index is 0.0215. The van der Waals surface area contributed by atoms with E-state index < -0.39 is 0 Å². The van der Waals surface area contributed by atoms with Gasteiger partial charge in [0, 0.05) is 20.0 Å². The summed E-state index contributed by atoms with van der Waals surface area (Å²) in [6.07, 6.45) is 0. The van der Waals surface area contributed by atoms with Crippen LogP contribution >= 0.6 is 0 Å². The monoisotopic (exact) mass is 288 g/mol. The molecule has 0 saturated carbocycles. The maximum absolute atomic E-state index is 11.4. The van der Waals surface area contributed by atoms with Crippen LogP contribution in [0.5, 0.6) is 0 Å². The van der Waals surface area contributed by atoms with Gasteiger partial charge < -0.3 is 20.4 Å². The maximum atomic E-state index is 11.4. The average molecular weight is 288 g/mol. The molecule has 0 aliphatic rings. The maximum Gasteiger partial charge on any atom is 0.221 e. The Morgan fingerprint density at radius 1 is 1.10 bits per heavy atom. The van der Waals surface area contributed by atoms with Crippen LogP contribution in [0.2, 0.25) is 0 Å². The fraction of sp³-hybridized carbons (Fsp3) is 0.312. The van der Waals surface area contributed by atoms with Crippen molar-refractivity contribution in [3.05, 3.63) is 36.4 Å². The van der Waals surface area contributed by atoms with Crippen LogP contribution in [-0.2, 0) is 4.79 Å². The molecule has 1 amide bonds. The Balaban J connectivity index is 2.53. The molecule has 0 heterocycles. The number of benzene rings is 2. The number of rotatable bonds is 6. The van der Waals surface area contributed by atoms with Crippen LogP contribution in [0, 0.1) is 0 Å². The number of aliphatic hydroxyl groups excluding tert-OH is 2. The van der Waals surface area contributed by atoms with Crippen molar-refractivity contribution in [3.8, 4) is 0 Å². The lowest BCUT2D eigenvalue weighted by Crippen LogP contribution is -2.30. The Morgan fingerprint density at radius 2 is 1.67 bits per heavy atom. The highest BCUT2D eigenvalue weighted by molar-refractivity contribution is 5.99. The Hall–Kier alpha value is -2.11. The van der Waals surface area contributed by atoms with Crippen molar-refractivity contribution in [3.63, 3.8) is 0 Å². The molecule has 2 aromatic carbocycles. The van der Waals surface area contributed by atoms with Gasteiger partial charge in [0.2, 0.25) is 5.91 Å². The number of amides is 1. The number of fused-ring (bicyclic) bond motifs is 1. The third-order valence-corrected chi connectivity index (χ3v) is 3.26. The van der Waals surface area contributed by atoms with Gasteiger partial charge in [-0.1, -0.05) is 24.3 Å². The van der Waals surface area contributed by atoms with Gasteiger partial charge in [-0.25, -0.2) is 0 Å². The zero-order valence-corrected chi connectivity index (χ0v) is 12.0. The lowest BCUT2D eigenvalue weighted by Gasteiger charge is -2.26. The number of aliphatic hydroxyl groups is 2. The largest absolute Gasteiger partial charge is 0.395 e. The fourth-order valence-electron chi connectivity index (χ4n) is 2.37. The van der Waals surface area contributed by atoms with Crippen molar-refractivity contribution < 1.29 is 15.0 Å². The van der Waals surface area contributed by atoms with E-state index in [4.69, 9.17) is 0 Å². The van der Waals surface area contributed by atoms with Crippen LogP contribution in [0.4, 0.5) is 11.4 Å². The Labute approximate surface area is 123 Å². The number of carbonyl (C=O) groups excluding carboxylic acids is 1. The predicted molar refractivity (Wildman–Crippen MR) is 84.6 cm³/mol. The lowest BCUT2D eigenvalue weighted by molar-refractivity contribution is -0.114. The van der Waals surface area contributed by atoms with Gasteiger partial charge in [-0.3, -0.25) is 4.79 Å². The van der Waals surface area contributed by atoms with Gasteiger partial charge in [0.25, 0.3) is 0 Å². The van der Waals surface area contributed by atoms with Crippen LogP contribution in [0.1, 0.15) is 6.92 Å². The molecule has 2 rings (SSSR count). The van der Waals surface area contributed by atoms with Crippen LogP contribution in [0.3, 0.4) is 0 Å². The van der Waals surface area contributed by atoms with Crippen molar-refractivity contribution in [1.29, 1.82) is 0 Å². The van der Waals surface area contributed by atoms with E-state index in [1.165, 1.54) is 6.92 Å². The topological polar surface area (TPSA) is 72.8 Å². The SMILES string of the molecule is CC(=O)Nc1cc2ccccc2cc1N(CCO)CCO. The summed E-state index contributed by atoms with van der Waals surface area (Å²) >= 11 is 0. The third-order valence-electron chi connectivity index (χ3n) is 3.26. The van der Waals surface area contributed by atoms with Crippen LogP contribution in [-0.4, -0.2) is 42.4 Å². The number of nitrogens with one attached hydrogen (secondary N) is 1. The van der Waals surface area contributed by atoms with Gasteiger partial charge in [0.05, 0.1) is 24.6 Å². The molecule has 0 fully saturated rings. The molecule has 5 nitrogen and oxygen atoms in total. The second-order valence-electron chi connectivity index (χ2n) is 4.83. The van der Waals surface area contributed by atoms with Crippen LogP contribution < -0.4 is 10.2 Å². The smallest absolute Gasteiger partial charge is 0.221 e. The number of hydrogen-bond donors (Lipinski definition) is 3. The highest BCUT2D eigenvalue weighted by atomic mass is 16.3. The highest BCUT2D eigenvalue weighted by Crippen LogP contribution is 2.31. The summed E-state index contributed by atoms with van der Waals surface area (Å²) in [5.74, 6) is -0.153. The van der Waals surface area contributed by atoms with Crippen LogP contribution in [0.15, 0.2) is 36.4 Å².